The van der Waals surface area contributed by atoms with Crippen LogP contribution in [0.5, 0.6) is 5.75 Å². The number of aromatic nitrogens is 2. The SMILES string of the molecule is Cc1ccc(/C=c2/[nH]/c(=C3/C=c4cc(Cl)ccc4=N3)cc2OCc2ccccc2)[nH]1. The van der Waals surface area contributed by atoms with Crippen molar-refractivity contribution in [1.29, 1.82) is 0 Å². The Morgan fingerprint density at radius 1 is 1.00 bits per heavy atom. The quantitative estimate of drug-likeness (QED) is 0.531. The number of aryl methyl sites for hydroxylation is 1. The van der Waals surface area contributed by atoms with Gasteiger partial charge in [0.15, 0.2) is 0 Å². The van der Waals surface area contributed by atoms with Crippen molar-refractivity contribution in [2.75, 3.05) is 0 Å². The third kappa shape index (κ3) is 3.82. The zero-order valence-electron chi connectivity index (χ0n) is 16.4. The van der Waals surface area contributed by atoms with Gasteiger partial charge in [-0.3, -0.25) is 0 Å². The van der Waals surface area contributed by atoms with Crippen LogP contribution in [0.2, 0.25) is 5.02 Å². The van der Waals surface area contributed by atoms with Crippen LogP contribution in [0.1, 0.15) is 17.0 Å². The van der Waals surface area contributed by atoms with E-state index in [4.69, 9.17) is 21.3 Å². The van der Waals surface area contributed by atoms with E-state index in [2.05, 4.69) is 34.2 Å². The number of halogens is 1. The molecule has 0 saturated heterocycles. The van der Waals surface area contributed by atoms with Gasteiger partial charge < -0.3 is 14.7 Å². The van der Waals surface area contributed by atoms with E-state index >= 15 is 0 Å². The lowest BCUT2D eigenvalue weighted by atomic mass is 10.2. The first-order chi connectivity index (χ1) is 14.6. The van der Waals surface area contributed by atoms with Gasteiger partial charge in [-0.15, -0.1) is 0 Å². The molecule has 3 heterocycles. The topological polar surface area (TPSA) is 53.2 Å². The van der Waals surface area contributed by atoms with Crippen molar-refractivity contribution in [2.45, 2.75) is 13.5 Å². The van der Waals surface area contributed by atoms with Crippen molar-refractivity contribution in [1.82, 2.24) is 9.97 Å². The van der Waals surface area contributed by atoms with E-state index < -0.39 is 0 Å². The zero-order valence-corrected chi connectivity index (χ0v) is 17.2. The van der Waals surface area contributed by atoms with Crippen LogP contribution in [0, 0.1) is 6.92 Å². The summed E-state index contributed by atoms with van der Waals surface area (Å²) in [5.41, 5.74) is 4.10. The number of nitrogens with one attached hydrogen (secondary N) is 2. The molecule has 0 fully saturated rings. The van der Waals surface area contributed by atoms with Gasteiger partial charge in [-0.05, 0) is 55.0 Å². The number of H-pyrrole nitrogens is 2. The van der Waals surface area contributed by atoms with Crippen LogP contribution in [0.15, 0.2) is 71.7 Å². The molecule has 0 spiro atoms. The van der Waals surface area contributed by atoms with Gasteiger partial charge in [0.1, 0.15) is 12.4 Å². The maximum atomic E-state index is 6.17. The maximum Gasteiger partial charge on any atom is 0.145 e. The van der Waals surface area contributed by atoms with Gasteiger partial charge in [-0.2, -0.15) is 0 Å². The normalized spacial score (nSPS) is 14.9. The Balaban J connectivity index is 1.60. The molecule has 5 rings (SSSR count). The Morgan fingerprint density at radius 2 is 1.87 bits per heavy atom. The summed E-state index contributed by atoms with van der Waals surface area (Å²) in [6.45, 7) is 2.53. The Bertz CT molecular complexity index is 1460. The van der Waals surface area contributed by atoms with Crippen molar-refractivity contribution in [2.24, 2.45) is 4.99 Å². The molecular weight excluding hydrogens is 394 g/mol. The number of hydrogen-bond donors (Lipinski definition) is 2. The Morgan fingerprint density at radius 3 is 2.67 bits per heavy atom. The van der Waals surface area contributed by atoms with Crippen LogP contribution in [-0.2, 0) is 6.61 Å². The Hall–Kier alpha value is -3.50. The fourth-order valence-electron chi connectivity index (χ4n) is 3.51. The molecule has 0 atom stereocenters. The Labute approximate surface area is 178 Å². The highest BCUT2D eigenvalue weighted by atomic mass is 35.5. The number of aromatic amines is 2. The first-order valence-electron chi connectivity index (χ1n) is 9.77. The lowest BCUT2D eigenvalue weighted by Gasteiger charge is -2.03. The average Bonchev–Trinajstić information content (AvgIpc) is 3.45. The molecule has 0 bridgehead atoms. The molecule has 0 aliphatic carbocycles. The zero-order chi connectivity index (χ0) is 20.5. The highest BCUT2D eigenvalue weighted by Gasteiger charge is 2.07. The number of fused-ring (bicyclic) bond motifs is 1. The molecule has 1 aliphatic heterocycles. The third-order valence-corrected chi connectivity index (χ3v) is 5.24. The molecule has 5 heteroatoms. The van der Waals surface area contributed by atoms with Crippen LogP contribution in [0.4, 0.5) is 0 Å². The monoisotopic (exact) mass is 413 g/mol. The molecule has 2 N–H and O–H groups in total. The van der Waals surface area contributed by atoms with Gasteiger partial charge in [-0.25, -0.2) is 4.99 Å². The summed E-state index contributed by atoms with van der Waals surface area (Å²) in [6.07, 6.45) is 4.09. The standard InChI is InChI=1S/C25H20ClN3O/c1-16-7-9-20(27-16)13-24-25(30-15-17-5-3-2-4-6-17)14-23(29-24)22-12-18-11-19(26)8-10-21(18)28-22/h2-14,27,29H,15H2,1H3/b23-22-,24-13+. The summed E-state index contributed by atoms with van der Waals surface area (Å²) >= 11 is 6.13. The minimum absolute atomic E-state index is 0.495. The molecule has 2 aromatic carbocycles. The number of rotatable bonds is 4. The van der Waals surface area contributed by atoms with Crippen molar-refractivity contribution >= 4 is 29.5 Å². The minimum atomic E-state index is 0.495. The molecule has 0 unspecified atom stereocenters. The summed E-state index contributed by atoms with van der Waals surface area (Å²) in [5.74, 6) is 0.784. The highest BCUT2D eigenvalue weighted by Crippen LogP contribution is 2.10. The predicted octanol–water partition coefficient (Wildman–Crippen LogP) is 2.93. The fraction of sp³-hybridized carbons (Fsp3) is 0.0800. The summed E-state index contributed by atoms with van der Waals surface area (Å²) in [7, 11) is 0. The molecule has 30 heavy (non-hydrogen) atoms. The number of hydrogen-bond acceptors (Lipinski definition) is 2. The number of ether oxygens (including phenoxy) is 1. The highest BCUT2D eigenvalue weighted by molar-refractivity contribution is 6.30. The molecule has 4 aromatic rings. The predicted molar refractivity (Wildman–Crippen MR) is 120 cm³/mol. The third-order valence-electron chi connectivity index (χ3n) is 5.00. The largest absolute Gasteiger partial charge is 0.487 e. The second-order valence-corrected chi connectivity index (χ2v) is 7.76. The number of benzene rings is 2. The van der Waals surface area contributed by atoms with Crippen molar-refractivity contribution in [3.63, 3.8) is 0 Å². The molecule has 0 saturated carbocycles. The van der Waals surface area contributed by atoms with E-state index in [1.54, 1.807) is 0 Å². The van der Waals surface area contributed by atoms with Gasteiger partial charge in [0.25, 0.3) is 0 Å². The summed E-state index contributed by atoms with van der Waals surface area (Å²) in [6, 6.07) is 22.0. The minimum Gasteiger partial charge on any atom is -0.487 e. The second kappa shape index (κ2) is 7.73. The van der Waals surface area contributed by atoms with Gasteiger partial charge in [0, 0.05) is 27.7 Å². The van der Waals surface area contributed by atoms with Crippen LogP contribution in [0.25, 0.3) is 17.8 Å². The van der Waals surface area contributed by atoms with Crippen molar-refractivity contribution < 1.29 is 4.74 Å². The van der Waals surface area contributed by atoms with Gasteiger partial charge >= 0.3 is 0 Å². The lowest BCUT2D eigenvalue weighted by molar-refractivity contribution is 0.304. The van der Waals surface area contributed by atoms with Gasteiger partial charge in [0.2, 0.25) is 0 Å². The molecular formula is C25H20ClN3O. The van der Waals surface area contributed by atoms with Gasteiger partial charge in [0.05, 0.1) is 21.8 Å². The lowest BCUT2D eigenvalue weighted by Crippen LogP contribution is -2.20. The van der Waals surface area contributed by atoms with Crippen LogP contribution >= 0.6 is 11.6 Å². The molecule has 148 valence electrons. The van der Waals surface area contributed by atoms with E-state index in [1.165, 1.54) is 0 Å². The van der Waals surface area contributed by atoms with Crippen LogP contribution in [0.3, 0.4) is 0 Å². The first-order valence-corrected chi connectivity index (χ1v) is 10.2. The molecule has 0 amide bonds. The molecule has 4 nitrogen and oxygen atoms in total. The molecule has 1 aliphatic rings. The smallest absolute Gasteiger partial charge is 0.145 e. The average molecular weight is 414 g/mol. The first kappa shape index (κ1) is 18.5. The van der Waals surface area contributed by atoms with Crippen molar-refractivity contribution in [3.8, 4) is 5.75 Å². The molecule has 2 aromatic heterocycles. The van der Waals surface area contributed by atoms with Gasteiger partial charge in [-0.1, -0.05) is 41.9 Å². The summed E-state index contributed by atoms with van der Waals surface area (Å²) < 4.78 is 6.17. The molecule has 0 radical (unpaired) electrons. The van der Waals surface area contributed by atoms with E-state index in [9.17, 15) is 0 Å². The summed E-state index contributed by atoms with van der Waals surface area (Å²) in [4.78, 5) is 11.6. The van der Waals surface area contributed by atoms with Crippen LogP contribution < -0.4 is 26.0 Å². The fourth-order valence-corrected chi connectivity index (χ4v) is 3.69. The second-order valence-electron chi connectivity index (χ2n) is 7.32. The van der Waals surface area contributed by atoms with E-state index in [0.717, 1.165) is 49.7 Å². The van der Waals surface area contributed by atoms with Crippen molar-refractivity contribution in [3.05, 3.63) is 110 Å². The van der Waals surface area contributed by atoms with E-state index in [0.29, 0.717) is 11.6 Å². The van der Waals surface area contributed by atoms with Crippen LogP contribution in [-0.4, -0.2) is 9.97 Å². The number of nitrogens with zero attached hydrogens (tertiary/aromatic N) is 1. The van der Waals surface area contributed by atoms with E-state index in [1.807, 2.05) is 61.5 Å². The summed E-state index contributed by atoms with van der Waals surface area (Å²) in [5, 5.41) is 4.44. The Kier molecular flexibility index (Phi) is 4.77. The van der Waals surface area contributed by atoms with E-state index in [-0.39, 0.29) is 0 Å². The maximum absolute atomic E-state index is 6.17.